The second-order valence-electron chi connectivity index (χ2n) is 8.41. The van der Waals surface area contributed by atoms with Gasteiger partial charge >= 0.3 is 0 Å². The van der Waals surface area contributed by atoms with Crippen LogP contribution in [0.2, 0.25) is 0 Å². The molecule has 0 spiro atoms. The number of benzene rings is 1. The maximum Gasteiger partial charge on any atom is 0.185 e. The largest absolute Gasteiger partial charge is 0.488 e. The molecule has 0 amide bonds. The van der Waals surface area contributed by atoms with Gasteiger partial charge in [0.1, 0.15) is 12.4 Å². The van der Waals surface area contributed by atoms with Crippen molar-refractivity contribution in [3.05, 3.63) is 89.6 Å². The van der Waals surface area contributed by atoms with Crippen LogP contribution in [0.3, 0.4) is 0 Å². The fourth-order valence-corrected chi connectivity index (χ4v) is 4.17. The molecule has 0 unspecified atom stereocenters. The molecule has 2 aliphatic rings. The van der Waals surface area contributed by atoms with Crippen molar-refractivity contribution >= 4 is 11.9 Å². The first-order chi connectivity index (χ1) is 17.0. The Labute approximate surface area is 205 Å². The number of aromatic nitrogens is 2. The van der Waals surface area contributed by atoms with E-state index in [4.69, 9.17) is 9.73 Å². The lowest BCUT2D eigenvalue weighted by Gasteiger charge is -2.44. The molecule has 1 fully saturated rings. The fraction of sp³-hybridized carbons (Fsp3) is 0.333. The van der Waals surface area contributed by atoms with Crippen LogP contribution < -0.4 is 0 Å². The third-order valence-electron chi connectivity index (χ3n) is 5.86. The van der Waals surface area contributed by atoms with E-state index in [0.717, 1.165) is 28.3 Å². The molecule has 1 saturated heterocycles. The Morgan fingerprint density at radius 2 is 2.14 bits per heavy atom. The van der Waals surface area contributed by atoms with Gasteiger partial charge in [0.2, 0.25) is 0 Å². The number of ether oxygens (including phenoxy) is 1. The molecule has 35 heavy (non-hydrogen) atoms. The number of hydrogen-bond donors (Lipinski definition) is 1. The molecule has 2 aromatic rings. The zero-order valence-electron chi connectivity index (χ0n) is 20.3. The van der Waals surface area contributed by atoms with Gasteiger partial charge in [0, 0.05) is 18.5 Å². The lowest BCUT2D eigenvalue weighted by Crippen LogP contribution is -2.54. The predicted molar refractivity (Wildman–Crippen MR) is 136 cm³/mol. The van der Waals surface area contributed by atoms with Gasteiger partial charge in [-0.1, -0.05) is 19.6 Å². The van der Waals surface area contributed by atoms with Gasteiger partial charge in [0.15, 0.2) is 11.6 Å². The highest BCUT2D eigenvalue weighted by Crippen LogP contribution is 2.26. The maximum absolute atomic E-state index is 13.8. The number of amidine groups is 1. The minimum Gasteiger partial charge on any atom is -0.488 e. The molecular weight excluding hydrogens is 445 g/mol. The van der Waals surface area contributed by atoms with Gasteiger partial charge in [0.05, 0.1) is 37.4 Å². The Morgan fingerprint density at radius 3 is 2.89 bits per heavy atom. The van der Waals surface area contributed by atoms with Gasteiger partial charge in [-0.3, -0.25) is 15.0 Å². The van der Waals surface area contributed by atoms with Crippen LogP contribution in [0.1, 0.15) is 30.2 Å². The lowest BCUT2D eigenvalue weighted by molar-refractivity contribution is 0.0339. The Kier molecular flexibility index (Phi) is 7.82. The molecule has 1 aromatic carbocycles. The summed E-state index contributed by atoms with van der Waals surface area (Å²) in [7, 11) is 0. The number of nitrogens with zero attached hydrogens (tertiary/aromatic N) is 5. The molecule has 184 valence electrons. The molecule has 2 aliphatic heterocycles. The first kappa shape index (κ1) is 24.5. The Hall–Kier alpha value is -3.65. The summed E-state index contributed by atoms with van der Waals surface area (Å²) in [6, 6.07) is 6.11. The first-order valence-electron chi connectivity index (χ1n) is 11.9. The number of aliphatic imine (C=N–C) groups is 1. The molecule has 8 heteroatoms. The number of morpholine rings is 1. The highest BCUT2D eigenvalue weighted by Gasteiger charge is 2.30. The number of aliphatic hydroxyl groups excluding tert-OH is 1. The molecule has 0 radical (unpaired) electrons. The average molecular weight is 478 g/mol. The summed E-state index contributed by atoms with van der Waals surface area (Å²) in [5, 5.41) is 13.7. The number of allylic oxidation sites excluding steroid dienone is 4. The maximum atomic E-state index is 13.8. The number of rotatable bonds is 8. The normalized spacial score (nSPS) is 17.5. The van der Waals surface area contributed by atoms with Crippen LogP contribution >= 0.6 is 0 Å². The van der Waals surface area contributed by atoms with E-state index in [2.05, 4.69) is 17.6 Å². The van der Waals surface area contributed by atoms with E-state index in [1.807, 2.05) is 52.8 Å². The van der Waals surface area contributed by atoms with E-state index in [9.17, 15) is 9.50 Å². The van der Waals surface area contributed by atoms with Crippen molar-refractivity contribution in [3.63, 3.8) is 0 Å². The summed E-state index contributed by atoms with van der Waals surface area (Å²) in [5.74, 6) is 1.12. The zero-order chi connectivity index (χ0) is 24.8. The quantitative estimate of drug-likeness (QED) is 0.573. The molecule has 0 saturated carbocycles. The predicted octanol–water partition coefficient (Wildman–Crippen LogP) is 4.35. The molecule has 4 rings (SSSR count). The van der Waals surface area contributed by atoms with E-state index in [-0.39, 0.29) is 12.4 Å². The summed E-state index contributed by atoms with van der Waals surface area (Å²) in [5.41, 5.74) is 4.58. The van der Waals surface area contributed by atoms with Crippen molar-refractivity contribution in [2.45, 2.75) is 26.7 Å². The van der Waals surface area contributed by atoms with Gasteiger partial charge in [-0.25, -0.2) is 9.37 Å². The second-order valence-corrected chi connectivity index (χ2v) is 8.41. The summed E-state index contributed by atoms with van der Waals surface area (Å²) in [4.78, 5) is 9.03. The Balaban J connectivity index is 1.60. The molecule has 1 N–H and O–H groups in total. The van der Waals surface area contributed by atoms with Crippen molar-refractivity contribution in [3.8, 4) is 5.69 Å². The van der Waals surface area contributed by atoms with E-state index in [1.165, 1.54) is 12.2 Å². The standard InChI is InChI=1S/C27H32FN5O2/c1-4-5-24(28)8-6-21(3)32-12-11-29-27-26(35-15-13-33(27)32)17-22-7-9-25(16-23(22)10-14-34)31-18-20(2)30-19-31/h5-9,16-19,34H,3-4,10-15H2,1-2H3/b8-6-,24-5+,26-17-. The van der Waals surface area contributed by atoms with Crippen molar-refractivity contribution < 1.29 is 14.2 Å². The third-order valence-corrected chi connectivity index (χ3v) is 5.86. The van der Waals surface area contributed by atoms with Gasteiger partial charge in [-0.15, -0.1) is 0 Å². The highest BCUT2D eigenvalue weighted by atomic mass is 19.1. The monoisotopic (exact) mass is 477 g/mol. The summed E-state index contributed by atoms with van der Waals surface area (Å²) >= 11 is 0. The number of hydrazine groups is 1. The number of fused-ring (bicyclic) bond motifs is 1. The molecule has 0 aliphatic carbocycles. The van der Waals surface area contributed by atoms with E-state index < -0.39 is 0 Å². The van der Waals surface area contributed by atoms with Crippen LogP contribution in [0.4, 0.5) is 4.39 Å². The zero-order valence-corrected chi connectivity index (χ0v) is 20.3. The van der Waals surface area contributed by atoms with Gasteiger partial charge in [-0.2, -0.15) is 0 Å². The van der Waals surface area contributed by atoms with Crippen LogP contribution in [-0.4, -0.2) is 63.4 Å². The number of hydrogen-bond acceptors (Lipinski definition) is 6. The van der Waals surface area contributed by atoms with Crippen molar-refractivity contribution in [1.82, 2.24) is 19.6 Å². The topological polar surface area (TPSA) is 66.1 Å². The Morgan fingerprint density at radius 1 is 1.29 bits per heavy atom. The van der Waals surface area contributed by atoms with E-state index >= 15 is 0 Å². The van der Waals surface area contributed by atoms with Crippen LogP contribution in [0.5, 0.6) is 0 Å². The van der Waals surface area contributed by atoms with Crippen molar-refractivity contribution in [1.29, 1.82) is 0 Å². The number of aryl methyl sites for hydroxylation is 1. The smallest absolute Gasteiger partial charge is 0.185 e. The van der Waals surface area contributed by atoms with Crippen LogP contribution in [-0.2, 0) is 11.2 Å². The minimum absolute atomic E-state index is 0.0412. The van der Waals surface area contributed by atoms with E-state index in [1.54, 1.807) is 12.4 Å². The average Bonchev–Trinajstić information content (AvgIpc) is 3.30. The minimum atomic E-state index is -0.271. The molecule has 1 aromatic heterocycles. The van der Waals surface area contributed by atoms with E-state index in [0.29, 0.717) is 50.5 Å². The first-order valence-corrected chi connectivity index (χ1v) is 11.9. The lowest BCUT2D eigenvalue weighted by atomic mass is 10.0. The number of imidazole rings is 1. The van der Waals surface area contributed by atoms with Gasteiger partial charge in [0.25, 0.3) is 0 Å². The second kappa shape index (κ2) is 11.2. The third kappa shape index (κ3) is 5.71. The number of aliphatic hydroxyl groups is 1. The molecule has 3 heterocycles. The molecular formula is C27H32FN5O2. The highest BCUT2D eigenvalue weighted by molar-refractivity contribution is 6.01. The van der Waals surface area contributed by atoms with Crippen LogP contribution in [0.15, 0.2) is 77.8 Å². The summed E-state index contributed by atoms with van der Waals surface area (Å²) in [6.45, 7) is 10.4. The SMILES string of the molecule is C=C(/C=C\C(F)=C/CC)N1CCN=C2/C(=C/c3ccc(-n4cnc(C)c4)cc3CCO)OCCN21. The van der Waals surface area contributed by atoms with Crippen molar-refractivity contribution in [2.24, 2.45) is 4.99 Å². The molecule has 0 atom stereocenters. The van der Waals surface area contributed by atoms with Gasteiger partial charge < -0.3 is 14.4 Å². The van der Waals surface area contributed by atoms with Crippen molar-refractivity contribution in [2.75, 3.05) is 32.8 Å². The molecule has 7 nitrogen and oxygen atoms in total. The summed E-state index contributed by atoms with van der Waals surface area (Å²) in [6.07, 6.45) is 11.6. The van der Waals surface area contributed by atoms with Crippen LogP contribution in [0, 0.1) is 6.92 Å². The molecule has 0 bridgehead atoms. The number of halogens is 1. The summed E-state index contributed by atoms with van der Waals surface area (Å²) < 4.78 is 21.8. The van der Waals surface area contributed by atoms with Crippen LogP contribution in [0.25, 0.3) is 11.8 Å². The Bertz CT molecular complexity index is 1190. The fourth-order valence-electron chi connectivity index (χ4n) is 4.17. The van der Waals surface area contributed by atoms with Gasteiger partial charge in [-0.05, 0) is 67.3 Å².